The molecule has 174 valence electrons. The highest BCUT2D eigenvalue weighted by Crippen LogP contribution is 2.41. The molecule has 32 heavy (non-hydrogen) atoms. The van der Waals surface area contributed by atoms with Gasteiger partial charge in [0.05, 0.1) is 25.3 Å². The topological polar surface area (TPSA) is 71.0 Å². The number of aromatic nitrogens is 2. The van der Waals surface area contributed by atoms with Crippen LogP contribution in [0.3, 0.4) is 0 Å². The Bertz CT molecular complexity index is 922. The van der Waals surface area contributed by atoms with E-state index in [9.17, 15) is 9.50 Å². The number of halogens is 1. The molecule has 9 heteroatoms. The van der Waals surface area contributed by atoms with Crippen LogP contribution in [0.25, 0.3) is 0 Å². The molecule has 3 fully saturated rings. The number of hydrogen-bond acceptors (Lipinski definition) is 8. The SMILES string of the molecule is CC(C)(O)COc1ccc(F)cc1C1CCN([C@@H]2COC3(C2)CN(c2nncs2)C3)CC1. The van der Waals surface area contributed by atoms with Gasteiger partial charge in [-0.25, -0.2) is 4.39 Å². The minimum Gasteiger partial charge on any atom is -0.490 e. The Morgan fingerprint density at radius 3 is 2.78 bits per heavy atom. The molecule has 3 aliphatic heterocycles. The predicted molar refractivity (Wildman–Crippen MR) is 121 cm³/mol. The average Bonchev–Trinajstić information content (AvgIpc) is 3.41. The summed E-state index contributed by atoms with van der Waals surface area (Å²) in [6.07, 6.45) is 2.97. The molecule has 7 nitrogen and oxygen atoms in total. The van der Waals surface area contributed by atoms with E-state index in [0.717, 1.165) is 62.7 Å². The number of nitrogens with zero attached hydrogens (tertiary/aromatic N) is 4. The summed E-state index contributed by atoms with van der Waals surface area (Å²) in [4.78, 5) is 4.78. The number of piperidine rings is 1. The maximum atomic E-state index is 14.0. The first-order valence-electron chi connectivity index (χ1n) is 11.3. The number of ether oxygens (including phenoxy) is 2. The van der Waals surface area contributed by atoms with Crippen molar-refractivity contribution < 1.29 is 19.0 Å². The molecule has 3 saturated heterocycles. The lowest BCUT2D eigenvalue weighted by Gasteiger charge is -2.47. The van der Waals surface area contributed by atoms with Crippen LogP contribution >= 0.6 is 11.3 Å². The number of hydrogen-bond donors (Lipinski definition) is 1. The average molecular weight is 463 g/mol. The van der Waals surface area contributed by atoms with Crippen molar-refractivity contribution in [1.82, 2.24) is 15.1 Å². The van der Waals surface area contributed by atoms with Gasteiger partial charge in [0.25, 0.3) is 0 Å². The summed E-state index contributed by atoms with van der Waals surface area (Å²) in [6.45, 7) is 8.09. The van der Waals surface area contributed by atoms with Crippen molar-refractivity contribution >= 4 is 16.5 Å². The second-order valence-electron chi connectivity index (χ2n) is 10.0. The molecule has 0 bridgehead atoms. The molecular formula is C23H31FN4O3S. The Morgan fingerprint density at radius 1 is 1.31 bits per heavy atom. The third-order valence-corrected chi connectivity index (χ3v) is 7.56. The normalized spacial score (nSPS) is 24.1. The van der Waals surface area contributed by atoms with Crippen molar-refractivity contribution in [2.24, 2.45) is 0 Å². The number of anilines is 1. The summed E-state index contributed by atoms with van der Waals surface area (Å²) in [5.74, 6) is 0.696. The van der Waals surface area contributed by atoms with Gasteiger partial charge < -0.3 is 19.5 Å². The van der Waals surface area contributed by atoms with Crippen LogP contribution in [-0.4, -0.2) is 76.8 Å². The van der Waals surface area contributed by atoms with Gasteiger partial charge >= 0.3 is 0 Å². The van der Waals surface area contributed by atoms with E-state index >= 15 is 0 Å². The minimum atomic E-state index is -0.930. The Balaban J connectivity index is 1.16. The van der Waals surface area contributed by atoms with Crippen LogP contribution in [-0.2, 0) is 4.74 Å². The third kappa shape index (κ3) is 4.62. The van der Waals surface area contributed by atoms with Crippen LogP contribution in [0.1, 0.15) is 44.6 Å². The van der Waals surface area contributed by atoms with E-state index in [0.29, 0.717) is 11.8 Å². The first-order chi connectivity index (χ1) is 15.3. The quantitative estimate of drug-likeness (QED) is 0.708. The van der Waals surface area contributed by atoms with Gasteiger partial charge in [0.15, 0.2) is 0 Å². The van der Waals surface area contributed by atoms with Crippen LogP contribution in [0.5, 0.6) is 5.75 Å². The van der Waals surface area contributed by atoms with Crippen LogP contribution in [0.15, 0.2) is 23.7 Å². The second-order valence-corrected chi connectivity index (χ2v) is 10.8. The number of likely N-dealkylation sites (tertiary alicyclic amines) is 1. The van der Waals surface area contributed by atoms with Crippen molar-refractivity contribution in [3.63, 3.8) is 0 Å². The van der Waals surface area contributed by atoms with Crippen molar-refractivity contribution in [3.8, 4) is 5.75 Å². The lowest BCUT2D eigenvalue weighted by molar-refractivity contribution is -0.0195. The van der Waals surface area contributed by atoms with Crippen molar-refractivity contribution in [1.29, 1.82) is 0 Å². The van der Waals surface area contributed by atoms with Gasteiger partial charge in [0.2, 0.25) is 5.13 Å². The number of rotatable bonds is 6. The van der Waals surface area contributed by atoms with Gasteiger partial charge in [-0.2, -0.15) is 0 Å². The molecule has 1 aromatic carbocycles. The van der Waals surface area contributed by atoms with Gasteiger partial charge in [-0.15, -0.1) is 10.2 Å². The van der Waals surface area contributed by atoms with E-state index in [1.54, 1.807) is 42.8 Å². The molecule has 1 N–H and O–H groups in total. The first-order valence-corrected chi connectivity index (χ1v) is 12.2. The van der Waals surface area contributed by atoms with Crippen LogP contribution in [0, 0.1) is 5.82 Å². The molecule has 1 atom stereocenters. The molecule has 0 unspecified atom stereocenters. The summed E-state index contributed by atoms with van der Waals surface area (Å²) in [7, 11) is 0. The van der Waals surface area contributed by atoms with E-state index in [-0.39, 0.29) is 23.9 Å². The predicted octanol–water partition coefficient (Wildman–Crippen LogP) is 3.05. The first kappa shape index (κ1) is 22.0. The third-order valence-electron chi connectivity index (χ3n) is 6.81. The van der Waals surface area contributed by atoms with E-state index < -0.39 is 5.60 Å². The Kier molecular flexibility index (Phi) is 5.86. The van der Waals surface area contributed by atoms with Crippen molar-refractivity contribution in [2.75, 3.05) is 44.3 Å². The maximum Gasteiger partial charge on any atom is 0.208 e. The Morgan fingerprint density at radius 2 is 2.09 bits per heavy atom. The monoisotopic (exact) mass is 462 g/mol. The zero-order valence-corrected chi connectivity index (χ0v) is 19.5. The Hall–Kier alpha value is -1.81. The highest BCUT2D eigenvalue weighted by atomic mass is 32.1. The number of benzene rings is 1. The van der Waals surface area contributed by atoms with Gasteiger partial charge in [0, 0.05) is 11.6 Å². The highest BCUT2D eigenvalue weighted by molar-refractivity contribution is 7.13. The van der Waals surface area contributed by atoms with Gasteiger partial charge in [-0.05, 0) is 70.3 Å². The summed E-state index contributed by atoms with van der Waals surface area (Å²) in [5.41, 5.74) is 1.71. The van der Waals surface area contributed by atoms with Crippen molar-refractivity contribution in [2.45, 2.75) is 56.3 Å². The molecule has 1 aromatic heterocycles. The Labute approximate surface area is 192 Å². The van der Waals surface area contributed by atoms with Crippen LogP contribution < -0.4 is 9.64 Å². The summed E-state index contributed by atoms with van der Waals surface area (Å²) >= 11 is 1.57. The fraction of sp³-hybridized carbons (Fsp3) is 0.652. The van der Waals surface area contributed by atoms with Crippen LogP contribution in [0.4, 0.5) is 9.52 Å². The molecular weight excluding hydrogens is 431 g/mol. The molecule has 1 spiro atoms. The van der Waals surface area contributed by atoms with Gasteiger partial charge in [-0.3, -0.25) is 4.90 Å². The maximum absolute atomic E-state index is 14.0. The molecule has 0 amide bonds. The molecule has 0 saturated carbocycles. The van der Waals surface area contributed by atoms with E-state index in [2.05, 4.69) is 20.0 Å². The van der Waals surface area contributed by atoms with E-state index in [1.807, 2.05) is 0 Å². The standard InChI is InChI=1S/C23H31FN4O3S/c1-22(2,29)14-30-20-4-3-17(24)9-19(20)16-5-7-27(8-6-16)18-10-23(31-11-18)12-28(13-23)21-26-25-15-32-21/h3-4,9,15-16,18,29H,5-8,10-14H2,1-2H3/t18-/m0/s1. The number of aliphatic hydroxyl groups is 1. The highest BCUT2D eigenvalue weighted by Gasteiger charge is 2.51. The molecule has 4 heterocycles. The smallest absolute Gasteiger partial charge is 0.208 e. The van der Waals surface area contributed by atoms with E-state index in [4.69, 9.17) is 9.47 Å². The fourth-order valence-corrected chi connectivity index (χ4v) is 5.73. The van der Waals surface area contributed by atoms with Gasteiger partial charge in [0.1, 0.15) is 29.3 Å². The summed E-state index contributed by atoms with van der Waals surface area (Å²) in [5, 5.41) is 19.1. The zero-order chi connectivity index (χ0) is 22.3. The largest absolute Gasteiger partial charge is 0.490 e. The fourth-order valence-electron chi connectivity index (χ4n) is 5.16. The van der Waals surface area contributed by atoms with Gasteiger partial charge in [-0.1, -0.05) is 11.3 Å². The summed E-state index contributed by atoms with van der Waals surface area (Å²) in [6, 6.07) is 5.16. The summed E-state index contributed by atoms with van der Waals surface area (Å²) < 4.78 is 26.1. The molecule has 3 aliphatic rings. The van der Waals surface area contributed by atoms with Crippen molar-refractivity contribution in [3.05, 3.63) is 35.1 Å². The molecule has 5 rings (SSSR count). The lowest BCUT2D eigenvalue weighted by Crippen LogP contribution is -2.62. The van der Waals surface area contributed by atoms with E-state index in [1.165, 1.54) is 6.07 Å². The lowest BCUT2D eigenvalue weighted by atomic mass is 9.86. The van der Waals surface area contributed by atoms with Crippen LogP contribution in [0.2, 0.25) is 0 Å². The molecule has 2 aromatic rings. The zero-order valence-electron chi connectivity index (χ0n) is 18.7. The molecule has 0 aliphatic carbocycles. The second kappa shape index (κ2) is 8.52. The minimum absolute atomic E-state index is 0.0478. The molecule has 0 radical (unpaired) electrons.